The number of benzene rings is 2. The van der Waals surface area contributed by atoms with Crippen LogP contribution in [0.5, 0.6) is 0 Å². The first-order chi connectivity index (χ1) is 12.9. The van der Waals surface area contributed by atoms with Crippen LogP contribution in [0.15, 0.2) is 53.3 Å². The van der Waals surface area contributed by atoms with Crippen LogP contribution in [-0.2, 0) is 7.05 Å². The highest BCUT2D eigenvalue weighted by molar-refractivity contribution is 7.80. The molecule has 0 saturated heterocycles. The van der Waals surface area contributed by atoms with Gasteiger partial charge in [0.2, 0.25) is 0 Å². The van der Waals surface area contributed by atoms with Crippen LogP contribution in [0.25, 0.3) is 5.69 Å². The van der Waals surface area contributed by atoms with Crippen molar-refractivity contribution in [3.63, 3.8) is 0 Å². The van der Waals surface area contributed by atoms with Crippen LogP contribution in [-0.4, -0.2) is 14.5 Å². The molecule has 136 valence electrons. The Kier molecular flexibility index (Phi) is 5.31. The molecule has 0 aliphatic rings. The maximum Gasteiger partial charge on any atom is 0.295 e. The first kappa shape index (κ1) is 18.7. The topological polar surface area (TPSA) is 74.8 Å². The van der Waals surface area contributed by atoms with Crippen molar-refractivity contribution in [3.05, 3.63) is 75.2 Å². The molecule has 0 aliphatic heterocycles. The van der Waals surface area contributed by atoms with E-state index in [0.717, 1.165) is 11.4 Å². The minimum atomic E-state index is -0.225. The van der Waals surface area contributed by atoms with Crippen molar-refractivity contribution in [3.8, 4) is 11.8 Å². The third kappa shape index (κ3) is 3.72. The molecule has 0 fully saturated rings. The molecule has 0 atom stereocenters. The Morgan fingerprint density at radius 3 is 2.56 bits per heavy atom. The lowest BCUT2D eigenvalue weighted by atomic mass is 10.2. The Bertz CT molecular complexity index is 1110. The van der Waals surface area contributed by atoms with Crippen molar-refractivity contribution in [2.45, 2.75) is 6.92 Å². The molecule has 27 heavy (non-hydrogen) atoms. The molecule has 0 amide bonds. The van der Waals surface area contributed by atoms with Crippen molar-refractivity contribution >= 4 is 40.3 Å². The van der Waals surface area contributed by atoms with Gasteiger partial charge in [0.05, 0.1) is 22.6 Å². The predicted molar refractivity (Wildman–Crippen MR) is 112 cm³/mol. The van der Waals surface area contributed by atoms with E-state index in [-0.39, 0.29) is 10.7 Å². The zero-order valence-corrected chi connectivity index (χ0v) is 16.2. The standard InChI is InChI=1S/C19H16ClN5OS/c1-12-17(18(26)25(24(12)2)15-6-4-3-5-7-15)23-19(27)22-16-10-14(20)9-8-13(16)11-21/h3-10H,1-2H3,(H2,22,23,27). The summed E-state index contributed by atoms with van der Waals surface area (Å²) in [5, 5.41) is 15.8. The second kappa shape index (κ2) is 7.66. The van der Waals surface area contributed by atoms with Gasteiger partial charge in [-0.15, -0.1) is 0 Å². The molecule has 0 radical (unpaired) electrons. The first-order valence-electron chi connectivity index (χ1n) is 8.04. The molecule has 1 heterocycles. The zero-order valence-electron chi connectivity index (χ0n) is 14.7. The van der Waals surface area contributed by atoms with Crippen molar-refractivity contribution in [1.29, 1.82) is 5.26 Å². The van der Waals surface area contributed by atoms with Crippen LogP contribution in [0, 0.1) is 18.3 Å². The SMILES string of the molecule is Cc1c(NC(=S)Nc2cc(Cl)ccc2C#N)c(=O)n(-c2ccccc2)n1C. The van der Waals surface area contributed by atoms with Gasteiger partial charge >= 0.3 is 0 Å². The maximum absolute atomic E-state index is 12.9. The molecule has 2 aromatic carbocycles. The van der Waals surface area contributed by atoms with Gasteiger partial charge in [-0.1, -0.05) is 29.8 Å². The fraction of sp³-hybridized carbons (Fsp3) is 0.105. The number of para-hydroxylation sites is 1. The van der Waals surface area contributed by atoms with Crippen LogP contribution in [0.4, 0.5) is 11.4 Å². The summed E-state index contributed by atoms with van der Waals surface area (Å²) < 4.78 is 3.31. The zero-order chi connectivity index (χ0) is 19.6. The van der Waals surface area contributed by atoms with Gasteiger partial charge in [-0.25, -0.2) is 4.68 Å². The van der Waals surface area contributed by atoms with Gasteiger partial charge in [0, 0.05) is 12.1 Å². The summed E-state index contributed by atoms with van der Waals surface area (Å²) in [6.07, 6.45) is 0. The molecule has 0 saturated carbocycles. The number of anilines is 2. The predicted octanol–water partition coefficient (Wildman–Crippen LogP) is 3.82. The molecule has 8 heteroatoms. The number of aromatic nitrogens is 2. The van der Waals surface area contributed by atoms with Gasteiger partial charge in [0.1, 0.15) is 11.8 Å². The molecule has 0 bridgehead atoms. The quantitative estimate of drug-likeness (QED) is 0.657. The molecule has 0 aliphatic carbocycles. The molecule has 0 spiro atoms. The third-order valence-electron chi connectivity index (χ3n) is 4.14. The number of nitrogens with zero attached hydrogens (tertiary/aromatic N) is 3. The van der Waals surface area contributed by atoms with Crippen LogP contribution in [0.1, 0.15) is 11.3 Å². The van der Waals surface area contributed by atoms with Crippen LogP contribution in [0.2, 0.25) is 5.02 Å². The highest BCUT2D eigenvalue weighted by Crippen LogP contribution is 2.21. The minimum Gasteiger partial charge on any atom is -0.331 e. The van der Waals surface area contributed by atoms with E-state index in [9.17, 15) is 10.1 Å². The average Bonchev–Trinajstić information content (AvgIpc) is 2.86. The van der Waals surface area contributed by atoms with Crippen molar-refractivity contribution in [1.82, 2.24) is 9.36 Å². The number of hydrogen-bond donors (Lipinski definition) is 2. The minimum absolute atomic E-state index is 0.194. The van der Waals surface area contributed by atoms with E-state index in [1.807, 2.05) is 37.3 Å². The van der Waals surface area contributed by atoms with E-state index >= 15 is 0 Å². The van der Waals surface area contributed by atoms with Gasteiger partial charge in [-0.2, -0.15) is 5.26 Å². The molecular formula is C19H16ClN5OS. The van der Waals surface area contributed by atoms with E-state index in [1.165, 1.54) is 0 Å². The normalized spacial score (nSPS) is 10.3. The first-order valence-corrected chi connectivity index (χ1v) is 8.82. The summed E-state index contributed by atoms with van der Waals surface area (Å²) in [5.41, 5.74) is 2.48. The Balaban J connectivity index is 1.91. The number of hydrogen-bond acceptors (Lipinski definition) is 3. The number of thiocarbonyl (C=S) groups is 1. The number of nitriles is 1. The van der Waals surface area contributed by atoms with Crippen LogP contribution >= 0.6 is 23.8 Å². The monoisotopic (exact) mass is 397 g/mol. The molecule has 3 rings (SSSR count). The molecule has 0 unspecified atom stereocenters. The summed E-state index contributed by atoms with van der Waals surface area (Å²) in [5.74, 6) is 0. The average molecular weight is 398 g/mol. The Labute approximate surface area is 166 Å². The van der Waals surface area contributed by atoms with Crippen molar-refractivity contribution in [2.24, 2.45) is 7.05 Å². The van der Waals surface area contributed by atoms with Gasteiger partial charge in [0.15, 0.2) is 5.11 Å². The van der Waals surface area contributed by atoms with Gasteiger partial charge < -0.3 is 10.6 Å². The summed E-state index contributed by atoms with van der Waals surface area (Å²) in [7, 11) is 1.80. The summed E-state index contributed by atoms with van der Waals surface area (Å²) in [4.78, 5) is 12.9. The van der Waals surface area contributed by atoms with E-state index < -0.39 is 0 Å². The fourth-order valence-corrected chi connectivity index (χ4v) is 3.08. The second-order valence-electron chi connectivity index (χ2n) is 5.82. The molecule has 1 aromatic heterocycles. The lowest BCUT2D eigenvalue weighted by Gasteiger charge is -2.11. The Morgan fingerprint density at radius 2 is 1.89 bits per heavy atom. The summed E-state index contributed by atoms with van der Waals surface area (Å²) in [6, 6.07) is 16.2. The lowest BCUT2D eigenvalue weighted by Crippen LogP contribution is -2.25. The lowest BCUT2D eigenvalue weighted by molar-refractivity contribution is 0.630. The Hall–Kier alpha value is -3.08. The van der Waals surface area contributed by atoms with Crippen molar-refractivity contribution < 1.29 is 0 Å². The summed E-state index contributed by atoms with van der Waals surface area (Å²) >= 11 is 11.3. The summed E-state index contributed by atoms with van der Waals surface area (Å²) in [6.45, 7) is 1.83. The fourth-order valence-electron chi connectivity index (χ4n) is 2.70. The number of halogens is 1. The van der Waals surface area contributed by atoms with Crippen molar-refractivity contribution in [2.75, 3.05) is 10.6 Å². The molecular weight excluding hydrogens is 382 g/mol. The Morgan fingerprint density at radius 1 is 1.19 bits per heavy atom. The van der Waals surface area contributed by atoms with E-state index in [4.69, 9.17) is 23.8 Å². The highest BCUT2D eigenvalue weighted by atomic mass is 35.5. The smallest absolute Gasteiger partial charge is 0.295 e. The van der Waals surface area contributed by atoms with Gasteiger partial charge in [0.25, 0.3) is 5.56 Å². The number of nitrogens with one attached hydrogen (secondary N) is 2. The maximum atomic E-state index is 12.9. The van der Waals surface area contributed by atoms with E-state index in [0.29, 0.717) is 22.0 Å². The van der Waals surface area contributed by atoms with E-state index in [2.05, 4.69) is 16.7 Å². The van der Waals surface area contributed by atoms with E-state index in [1.54, 1.807) is 34.6 Å². The highest BCUT2D eigenvalue weighted by Gasteiger charge is 2.17. The van der Waals surface area contributed by atoms with Crippen LogP contribution < -0.4 is 16.2 Å². The van der Waals surface area contributed by atoms with Gasteiger partial charge in [-0.3, -0.25) is 9.48 Å². The number of rotatable bonds is 3. The molecule has 3 aromatic rings. The largest absolute Gasteiger partial charge is 0.331 e. The molecule has 2 N–H and O–H groups in total. The van der Waals surface area contributed by atoms with Gasteiger partial charge in [-0.05, 0) is 49.5 Å². The third-order valence-corrected chi connectivity index (χ3v) is 4.58. The molecule has 6 nitrogen and oxygen atoms in total. The van der Waals surface area contributed by atoms with Crippen LogP contribution in [0.3, 0.4) is 0 Å². The second-order valence-corrected chi connectivity index (χ2v) is 6.66.